The highest BCUT2D eigenvalue weighted by Crippen LogP contribution is 2.15. The Morgan fingerprint density at radius 1 is 1.62 bits per heavy atom. The monoisotopic (exact) mass is 200 g/mol. The highest BCUT2D eigenvalue weighted by molar-refractivity contribution is 6.30. The van der Waals surface area contributed by atoms with E-state index in [-0.39, 0.29) is 0 Å². The zero-order chi connectivity index (χ0) is 9.84. The van der Waals surface area contributed by atoms with Gasteiger partial charge in [0.05, 0.1) is 5.02 Å². The molecule has 13 heavy (non-hydrogen) atoms. The molecule has 0 bridgehead atoms. The van der Waals surface area contributed by atoms with Crippen LogP contribution in [0, 0.1) is 0 Å². The minimum atomic E-state index is -0.912. The van der Waals surface area contributed by atoms with E-state index in [1.54, 1.807) is 6.92 Å². The zero-order valence-corrected chi connectivity index (χ0v) is 7.82. The maximum absolute atomic E-state index is 10.7. The average molecular weight is 201 g/mol. The van der Waals surface area contributed by atoms with Crippen molar-refractivity contribution in [1.29, 1.82) is 0 Å². The molecule has 70 valence electrons. The van der Waals surface area contributed by atoms with Crippen molar-refractivity contribution < 1.29 is 9.90 Å². The van der Waals surface area contributed by atoms with Crippen molar-refractivity contribution >= 4 is 17.6 Å². The molecule has 1 aromatic rings. The normalized spacial score (nSPS) is 12.5. The topological polar surface area (TPSA) is 63.1 Å². The minimum absolute atomic E-state index is 0.305. The molecule has 0 aliphatic rings. The van der Waals surface area contributed by atoms with Crippen molar-refractivity contribution in [1.82, 2.24) is 9.97 Å². The third-order valence-electron chi connectivity index (χ3n) is 1.66. The van der Waals surface area contributed by atoms with Crippen LogP contribution in [0.1, 0.15) is 25.1 Å². The summed E-state index contributed by atoms with van der Waals surface area (Å²) in [5.41, 5.74) is 0. The lowest BCUT2D eigenvalue weighted by atomic mass is 10.1. The predicted molar refractivity (Wildman–Crippen MR) is 47.7 cm³/mol. The van der Waals surface area contributed by atoms with E-state index in [1.165, 1.54) is 12.4 Å². The standard InChI is InChI=1S/C8H9ClN2O2/c1-2-6(8(12)13)7-10-3-5(9)4-11-7/h3-4,6H,2H2,1H3,(H,12,13). The summed E-state index contributed by atoms with van der Waals surface area (Å²) in [5, 5.41) is 9.19. The number of carboxylic acid groups (broad SMARTS) is 1. The van der Waals surface area contributed by atoms with Gasteiger partial charge >= 0.3 is 5.97 Å². The maximum atomic E-state index is 10.7. The summed E-state index contributed by atoms with van der Waals surface area (Å²) in [6.45, 7) is 1.77. The van der Waals surface area contributed by atoms with Crippen molar-refractivity contribution in [2.75, 3.05) is 0 Å². The Hall–Kier alpha value is -1.16. The molecule has 0 spiro atoms. The van der Waals surface area contributed by atoms with Crippen LogP contribution < -0.4 is 0 Å². The van der Waals surface area contributed by atoms with E-state index < -0.39 is 11.9 Å². The van der Waals surface area contributed by atoms with Gasteiger partial charge < -0.3 is 5.11 Å². The molecule has 0 fully saturated rings. The van der Waals surface area contributed by atoms with Gasteiger partial charge in [0.1, 0.15) is 11.7 Å². The van der Waals surface area contributed by atoms with Gasteiger partial charge in [-0.2, -0.15) is 0 Å². The number of rotatable bonds is 3. The van der Waals surface area contributed by atoms with Gasteiger partial charge in [0.2, 0.25) is 0 Å². The van der Waals surface area contributed by atoms with E-state index in [1.807, 2.05) is 0 Å². The molecule has 0 aliphatic carbocycles. The lowest BCUT2D eigenvalue weighted by Gasteiger charge is -2.06. The molecule has 1 aromatic heterocycles. The first-order chi connectivity index (χ1) is 6.15. The van der Waals surface area contributed by atoms with Gasteiger partial charge in [-0.05, 0) is 6.42 Å². The molecule has 1 rings (SSSR count). The van der Waals surface area contributed by atoms with Gasteiger partial charge in [-0.1, -0.05) is 18.5 Å². The predicted octanol–water partition coefficient (Wildman–Crippen LogP) is 1.71. The Balaban J connectivity index is 2.92. The van der Waals surface area contributed by atoms with Gasteiger partial charge in [0.25, 0.3) is 0 Å². The van der Waals surface area contributed by atoms with Crippen LogP contribution in [-0.4, -0.2) is 21.0 Å². The van der Waals surface area contributed by atoms with E-state index in [2.05, 4.69) is 9.97 Å². The van der Waals surface area contributed by atoms with Crippen LogP contribution in [0.4, 0.5) is 0 Å². The van der Waals surface area contributed by atoms with Crippen LogP contribution in [-0.2, 0) is 4.79 Å². The molecule has 1 unspecified atom stereocenters. The van der Waals surface area contributed by atoms with E-state index in [9.17, 15) is 4.79 Å². The summed E-state index contributed by atoms with van der Waals surface area (Å²) in [6.07, 6.45) is 3.27. The molecule has 0 radical (unpaired) electrons. The zero-order valence-electron chi connectivity index (χ0n) is 7.07. The number of carbonyl (C=O) groups is 1. The SMILES string of the molecule is CCC(C(=O)O)c1ncc(Cl)cn1. The van der Waals surface area contributed by atoms with Gasteiger partial charge in [-0.25, -0.2) is 9.97 Å². The van der Waals surface area contributed by atoms with Crippen LogP contribution in [0.25, 0.3) is 0 Å². The Kier molecular flexibility index (Phi) is 3.19. The number of aliphatic carboxylic acids is 1. The van der Waals surface area contributed by atoms with E-state index in [0.29, 0.717) is 17.3 Å². The highest BCUT2D eigenvalue weighted by atomic mass is 35.5. The summed E-state index contributed by atoms with van der Waals surface area (Å²) in [4.78, 5) is 18.4. The average Bonchev–Trinajstić information content (AvgIpc) is 2.09. The summed E-state index contributed by atoms with van der Waals surface area (Å²) in [5.74, 6) is -1.25. The van der Waals surface area contributed by atoms with Crippen molar-refractivity contribution in [2.45, 2.75) is 19.3 Å². The summed E-state index contributed by atoms with van der Waals surface area (Å²) in [7, 11) is 0. The second-order valence-electron chi connectivity index (χ2n) is 2.56. The summed E-state index contributed by atoms with van der Waals surface area (Å²) >= 11 is 5.57. The maximum Gasteiger partial charge on any atom is 0.314 e. The fourth-order valence-corrected chi connectivity index (χ4v) is 1.07. The van der Waals surface area contributed by atoms with Gasteiger partial charge in [-0.3, -0.25) is 4.79 Å². The molecule has 0 saturated carbocycles. The van der Waals surface area contributed by atoms with Crippen LogP contribution >= 0.6 is 11.6 Å². The Morgan fingerprint density at radius 2 is 2.15 bits per heavy atom. The summed E-state index contributed by atoms with van der Waals surface area (Å²) < 4.78 is 0. The first-order valence-electron chi connectivity index (χ1n) is 3.85. The number of hydrogen-bond donors (Lipinski definition) is 1. The second-order valence-corrected chi connectivity index (χ2v) is 2.99. The fraction of sp³-hybridized carbons (Fsp3) is 0.375. The molecular formula is C8H9ClN2O2. The Bertz CT molecular complexity index is 300. The van der Waals surface area contributed by atoms with Crippen LogP contribution in [0.5, 0.6) is 0 Å². The van der Waals surface area contributed by atoms with Crippen molar-refractivity contribution in [3.63, 3.8) is 0 Å². The van der Waals surface area contributed by atoms with Crippen molar-refractivity contribution in [3.8, 4) is 0 Å². The summed E-state index contributed by atoms with van der Waals surface area (Å²) in [6, 6.07) is 0. The fourth-order valence-electron chi connectivity index (χ4n) is 0.970. The highest BCUT2D eigenvalue weighted by Gasteiger charge is 2.19. The first-order valence-corrected chi connectivity index (χ1v) is 4.23. The molecule has 0 amide bonds. The number of aromatic nitrogens is 2. The van der Waals surface area contributed by atoms with Gasteiger partial charge in [0, 0.05) is 12.4 Å². The number of carboxylic acids is 1. The lowest BCUT2D eigenvalue weighted by molar-refractivity contribution is -0.139. The number of halogens is 1. The van der Waals surface area contributed by atoms with Crippen LogP contribution in [0.15, 0.2) is 12.4 Å². The van der Waals surface area contributed by atoms with E-state index >= 15 is 0 Å². The molecule has 1 atom stereocenters. The third kappa shape index (κ3) is 2.39. The number of hydrogen-bond acceptors (Lipinski definition) is 3. The molecular weight excluding hydrogens is 192 g/mol. The first kappa shape index (κ1) is 9.92. The molecule has 1 N–H and O–H groups in total. The molecule has 5 heteroatoms. The molecule has 4 nitrogen and oxygen atoms in total. The smallest absolute Gasteiger partial charge is 0.314 e. The van der Waals surface area contributed by atoms with Crippen molar-refractivity contribution in [2.24, 2.45) is 0 Å². The quantitative estimate of drug-likeness (QED) is 0.807. The Morgan fingerprint density at radius 3 is 2.54 bits per heavy atom. The minimum Gasteiger partial charge on any atom is -0.481 e. The van der Waals surface area contributed by atoms with Gasteiger partial charge in [0.15, 0.2) is 0 Å². The third-order valence-corrected chi connectivity index (χ3v) is 1.85. The lowest BCUT2D eigenvalue weighted by Crippen LogP contribution is -2.13. The largest absolute Gasteiger partial charge is 0.481 e. The van der Waals surface area contributed by atoms with Gasteiger partial charge in [-0.15, -0.1) is 0 Å². The molecule has 0 saturated heterocycles. The van der Waals surface area contributed by atoms with Crippen LogP contribution in [0.2, 0.25) is 5.02 Å². The Labute approximate surface area is 80.6 Å². The van der Waals surface area contributed by atoms with Crippen molar-refractivity contribution in [3.05, 3.63) is 23.2 Å². The number of nitrogens with zero attached hydrogens (tertiary/aromatic N) is 2. The van der Waals surface area contributed by atoms with Crippen LogP contribution in [0.3, 0.4) is 0 Å². The molecule has 1 heterocycles. The van der Waals surface area contributed by atoms with E-state index in [0.717, 1.165) is 0 Å². The van der Waals surface area contributed by atoms with E-state index in [4.69, 9.17) is 16.7 Å². The molecule has 0 aliphatic heterocycles. The second kappa shape index (κ2) is 4.18. The molecule has 0 aromatic carbocycles.